The van der Waals surface area contributed by atoms with E-state index in [0.29, 0.717) is 18.8 Å². The van der Waals surface area contributed by atoms with E-state index < -0.39 is 11.5 Å². The molecule has 250 valence electrons. The second-order valence-electron chi connectivity index (χ2n) is 11.9. The smallest absolute Gasteiger partial charge is 0.361 e. The molecule has 1 saturated heterocycles. The molecule has 0 saturated carbocycles. The van der Waals surface area contributed by atoms with E-state index in [1.807, 2.05) is 48.5 Å². The summed E-state index contributed by atoms with van der Waals surface area (Å²) in [6.45, 7) is 5.23. The number of ether oxygens (including phenoxy) is 2. The molecule has 0 N–H and O–H groups in total. The summed E-state index contributed by atoms with van der Waals surface area (Å²) in [6, 6.07) is 39.5. The van der Waals surface area contributed by atoms with Crippen LogP contribution in [0.25, 0.3) is 6.08 Å². The molecular weight excluding hydrogens is 633 g/mol. The van der Waals surface area contributed by atoms with Crippen LogP contribution >= 0.6 is 11.8 Å². The van der Waals surface area contributed by atoms with Gasteiger partial charge in [-0.25, -0.2) is 9.48 Å². The maximum absolute atomic E-state index is 13.2. The second kappa shape index (κ2) is 15.5. The third-order valence-electron chi connectivity index (χ3n) is 8.86. The first-order valence-electron chi connectivity index (χ1n) is 16.5. The number of esters is 1. The standard InChI is InChI=1S/C40H40N4O4S/c1-4-48-39(46)38-36(44(42-41-38)27-30-20-22-35(47-3)23-21-30)26-31-28-43(25-24-37(31)49-29(2)45)40(32-14-8-5-9-15-32,33-16-10-6-11-17-33)34-18-12-7-13-19-34/h5-23,26,37H,4,24-25,27-28H2,1-3H3/b31-26-. The molecule has 8 nitrogen and oxygen atoms in total. The Hall–Kier alpha value is -4.99. The Morgan fingerprint density at radius 2 is 1.45 bits per heavy atom. The Balaban J connectivity index is 1.51. The number of carbonyl (C=O) groups is 2. The van der Waals surface area contributed by atoms with E-state index in [1.165, 1.54) is 11.8 Å². The number of likely N-dealkylation sites (tertiary alicyclic amines) is 1. The van der Waals surface area contributed by atoms with Crippen molar-refractivity contribution >= 4 is 28.9 Å². The molecule has 5 aromatic rings. The van der Waals surface area contributed by atoms with Crippen LogP contribution in [0.5, 0.6) is 5.75 Å². The summed E-state index contributed by atoms with van der Waals surface area (Å²) in [5.74, 6) is 0.216. The molecule has 1 aromatic heterocycles. The van der Waals surface area contributed by atoms with Gasteiger partial charge >= 0.3 is 5.97 Å². The van der Waals surface area contributed by atoms with Gasteiger partial charge in [0.1, 0.15) is 5.75 Å². The molecule has 2 heterocycles. The van der Waals surface area contributed by atoms with E-state index >= 15 is 0 Å². The summed E-state index contributed by atoms with van der Waals surface area (Å²) in [4.78, 5) is 28.4. The van der Waals surface area contributed by atoms with Gasteiger partial charge in [-0.3, -0.25) is 9.69 Å². The van der Waals surface area contributed by atoms with Crippen molar-refractivity contribution in [1.82, 2.24) is 19.9 Å². The maximum atomic E-state index is 13.2. The topological polar surface area (TPSA) is 86.5 Å². The van der Waals surface area contributed by atoms with E-state index in [-0.39, 0.29) is 22.7 Å². The average Bonchev–Trinajstić information content (AvgIpc) is 3.53. The third-order valence-corrected chi connectivity index (χ3v) is 10.0. The first-order valence-corrected chi connectivity index (χ1v) is 17.3. The molecule has 1 aliphatic heterocycles. The normalized spacial score (nSPS) is 16.0. The van der Waals surface area contributed by atoms with Crippen LogP contribution in [0.2, 0.25) is 0 Å². The minimum Gasteiger partial charge on any atom is -0.497 e. The van der Waals surface area contributed by atoms with Crippen LogP contribution in [0.15, 0.2) is 121 Å². The van der Waals surface area contributed by atoms with Crippen LogP contribution in [0.4, 0.5) is 0 Å². The molecule has 0 aliphatic carbocycles. The molecule has 6 rings (SSSR count). The third kappa shape index (κ3) is 7.23. The Labute approximate surface area is 291 Å². The first kappa shape index (κ1) is 33.9. The van der Waals surface area contributed by atoms with Crippen molar-refractivity contribution in [3.05, 3.63) is 154 Å². The van der Waals surface area contributed by atoms with Gasteiger partial charge in [0.15, 0.2) is 10.8 Å². The summed E-state index contributed by atoms with van der Waals surface area (Å²) < 4.78 is 12.5. The van der Waals surface area contributed by atoms with Gasteiger partial charge in [-0.2, -0.15) is 0 Å². The molecule has 1 aliphatic rings. The van der Waals surface area contributed by atoms with Crippen LogP contribution < -0.4 is 4.74 Å². The molecule has 0 bridgehead atoms. The number of carbonyl (C=O) groups excluding carboxylic acids is 2. The summed E-state index contributed by atoms with van der Waals surface area (Å²) in [6.07, 6.45) is 2.73. The Kier molecular flexibility index (Phi) is 10.7. The van der Waals surface area contributed by atoms with Crippen molar-refractivity contribution in [1.29, 1.82) is 0 Å². The van der Waals surface area contributed by atoms with Crippen LogP contribution in [0, 0.1) is 0 Å². The molecule has 9 heteroatoms. The van der Waals surface area contributed by atoms with E-state index in [4.69, 9.17) is 9.47 Å². The monoisotopic (exact) mass is 672 g/mol. The van der Waals surface area contributed by atoms with Gasteiger partial charge in [-0.1, -0.05) is 120 Å². The number of benzene rings is 4. The maximum Gasteiger partial charge on any atom is 0.361 e. The number of hydrogen-bond donors (Lipinski definition) is 0. The lowest BCUT2D eigenvalue weighted by atomic mass is 9.74. The SMILES string of the molecule is CCOC(=O)c1nnn(Cc2ccc(OC)cc2)c1/C=C1/CN(C(c2ccccc2)(c2ccccc2)c2ccccc2)CCC1SC(C)=O. The molecule has 1 atom stereocenters. The van der Waals surface area contributed by atoms with Gasteiger partial charge in [0.2, 0.25) is 0 Å². The highest BCUT2D eigenvalue weighted by Crippen LogP contribution is 2.45. The molecule has 4 aromatic carbocycles. The van der Waals surface area contributed by atoms with Crippen molar-refractivity contribution < 1.29 is 19.1 Å². The number of aromatic nitrogens is 3. The number of methoxy groups -OCH3 is 1. The highest BCUT2D eigenvalue weighted by atomic mass is 32.2. The lowest BCUT2D eigenvalue weighted by Gasteiger charge is -2.49. The Morgan fingerprint density at radius 1 is 0.878 bits per heavy atom. The molecule has 49 heavy (non-hydrogen) atoms. The van der Waals surface area contributed by atoms with Gasteiger partial charge in [-0.15, -0.1) is 5.10 Å². The van der Waals surface area contributed by atoms with E-state index in [1.54, 1.807) is 25.6 Å². The largest absolute Gasteiger partial charge is 0.497 e. The zero-order valence-corrected chi connectivity index (χ0v) is 28.8. The Bertz CT molecular complexity index is 1800. The highest BCUT2D eigenvalue weighted by molar-refractivity contribution is 8.14. The van der Waals surface area contributed by atoms with Gasteiger partial charge in [0, 0.05) is 25.3 Å². The van der Waals surface area contributed by atoms with Gasteiger partial charge in [-0.05, 0) is 59.4 Å². The van der Waals surface area contributed by atoms with Crippen molar-refractivity contribution in [2.24, 2.45) is 0 Å². The lowest BCUT2D eigenvalue weighted by molar-refractivity contribution is -0.109. The van der Waals surface area contributed by atoms with Gasteiger partial charge in [0.25, 0.3) is 0 Å². The second-order valence-corrected chi connectivity index (χ2v) is 13.3. The van der Waals surface area contributed by atoms with E-state index in [9.17, 15) is 9.59 Å². The zero-order valence-electron chi connectivity index (χ0n) is 28.0. The van der Waals surface area contributed by atoms with Gasteiger partial charge in [0.05, 0.1) is 31.5 Å². The first-order chi connectivity index (χ1) is 23.9. The number of nitrogens with zero attached hydrogens (tertiary/aromatic N) is 4. The summed E-state index contributed by atoms with van der Waals surface area (Å²) in [5, 5.41) is 8.67. The van der Waals surface area contributed by atoms with Crippen molar-refractivity contribution in [2.45, 2.75) is 37.6 Å². The number of rotatable bonds is 11. The quantitative estimate of drug-likeness (QED) is 0.107. The van der Waals surface area contributed by atoms with E-state index in [2.05, 4.69) is 88.0 Å². The summed E-state index contributed by atoms with van der Waals surface area (Å²) >= 11 is 1.33. The molecular formula is C40H40N4O4S. The minimum absolute atomic E-state index is 0.0419. The predicted octanol–water partition coefficient (Wildman–Crippen LogP) is 7.24. The summed E-state index contributed by atoms with van der Waals surface area (Å²) in [7, 11) is 1.63. The van der Waals surface area contributed by atoms with Crippen LogP contribution in [0.3, 0.4) is 0 Å². The van der Waals surface area contributed by atoms with Crippen LogP contribution in [0.1, 0.15) is 58.7 Å². The highest BCUT2D eigenvalue weighted by Gasteiger charge is 2.44. The molecule has 1 unspecified atom stereocenters. The van der Waals surface area contributed by atoms with Crippen molar-refractivity contribution in [2.75, 3.05) is 26.8 Å². The summed E-state index contributed by atoms with van der Waals surface area (Å²) in [5.41, 5.74) is 5.45. The molecule has 0 radical (unpaired) electrons. The van der Waals surface area contributed by atoms with Gasteiger partial charge < -0.3 is 9.47 Å². The molecule has 0 amide bonds. The average molecular weight is 673 g/mol. The lowest BCUT2D eigenvalue weighted by Crippen LogP contribution is -2.52. The predicted molar refractivity (Wildman–Crippen MR) is 194 cm³/mol. The fraction of sp³-hybridized carbons (Fsp3) is 0.250. The molecule has 1 fully saturated rings. The van der Waals surface area contributed by atoms with E-state index in [0.717, 1.165) is 46.5 Å². The fourth-order valence-corrected chi connectivity index (χ4v) is 7.63. The van der Waals surface area contributed by atoms with Crippen molar-refractivity contribution in [3.63, 3.8) is 0 Å². The minimum atomic E-state index is -0.639. The van der Waals surface area contributed by atoms with Crippen LogP contribution in [-0.2, 0) is 21.6 Å². The number of hydrogen-bond acceptors (Lipinski definition) is 8. The Morgan fingerprint density at radius 3 is 1.96 bits per heavy atom. The molecule has 0 spiro atoms. The fourth-order valence-electron chi connectivity index (χ4n) is 6.71. The number of piperidine rings is 1. The zero-order chi connectivity index (χ0) is 34.2. The van der Waals surface area contributed by atoms with Crippen LogP contribution in [-0.4, -0.2) is 63.0 Å². The number of thioether (sulfide) groups is 1. The van der Waals surface area contributed by atoms with Crippen molar-refractivity contribution in [3.8, 4) is 5.75 Å².